The Morgan fingerprint density at radius 3 is 2.62 bits per heavy atom. The highest BCUT2D eigenvalue weighted by Crippen LogP contribution is 2.27. The van der Waals surface area contributed by atoms with E-state index in [1.165, 1.54) is 0 Å². The maximum absolute atomic E-state index is 12.5. The summed E-state index contributed by atoms with van der Waals surface area (Å²) in [6, 6.07) is 21.0. The van der Waals surface area contributed by atoms with Crippen molar-refractivity contribution in [2.75, 3.05) is 5.32 Å². The van der Waals surface area contributed by atoms with Crippen LogP contribution in [0.4, 0.5) is 5.69 Å². The zero-order valence-electron chi connectivity index (χ0n) is 14.6. The summed E-state index contributed by atoms with van der Waals surface area (Å²) < 4.78 is 5.90. The number of hydrogen-bond acceptors (Lipinski definition) is 3. The van der Waals surface area contributed by atoms with Crippen LogP contribution in [0.15, 0.2) is 71.1 Å². The molecule has 1 heterocycles. The van der Waals surface area contributed by atoms with Gasteiger partial charge in [-0.3, -0.25) is 4.79 Å². The Labute approximate surface area is 151 Å². The largest absolute Gasteiger partial charge is 0.436 e. The van der Waals surface area contributed by atoms with Gasteiger partial charge in [-0.05, 0) is 49.7 Å². The molecule has 0 unspecified atom stereocenters. The molecular formula is C22H18N2O2. The molecule has 0 atom stereocenters. The van der Waals surface area contributed by atoms with Crippen LogP contribution in [0.3, 0.4) is 0 Å². The zero-order chi connectivity index (χ0) is 18.1. The SMILES string of the molecule is Cc1cccc(-c2nc3ccc(NC(=O)c4ccccc4C)cc3o2)c1. The van der Waals surface area contributed by atoms with Gasteiger partial charge in [-0.1, -0.05) is 35.9 Å². The molecule has 0 bridgehead atoms. The number of carbonyl (C=O) groups is 1. The summed E-state index contributed by atoms with van der Waals surface area (Å²) in [7, 11) is 0. The molecule has 26 heavy (non-hydrogen) atoms. The number of aromatic nitrogens is 1. The summed E-state index contributed by atoms with van der Waals surface area (Å²) in [6.45, 7) is 3.95. The fourth-order valence-electron chi connectivity index (χ4n) is 2.93. The smallest absolute Gasteiger partial charge is 0.255 e. The molecule has 0 fully saturated rings. The number of benzene rings is 3. The summed E-state index contributed by atoms with van der Waals surface area (Å²) in [6.07, 6.45) is 0. The summed E-state index contributed by atoms with van der Waals surface area (Å²) in [5, 5.41) is 2.92. The van der Waals surface area contributed by atoms with E-state index >= 15 is 0 Å². The number of nitrogens with zero attached hydrogens (tertiary/aromatic N) is 1. The van der Waals surface area contributed by atoms with Gasteiger partial charge >= 0.3 is 0 Å². The highest BCUT2D eigenvalue weighted by molar-refractivity contribution is 6.05. The molecule has 0 aliphatic rings. The second kappa shape index (κ2) is 6.48. The molecule has 128 valence electrons. The quantitative estimate of drug-likeness (QED) is 0.545. The van der Waals surface area contributed by atoms with Crippen molar-refractivity contribution in [3.8, 4) is 11.5 Å². The molecule has 0 saturated carbocycles. The third-order valence-electron chi connectivity index (χ3n) is 4.30. The van der Waals surface area contributed by atoms with Crippen LogP contribution >= 0.6 is 0 Å². The predicted octanol–water partition coefficient (Wildman–Crippen LogP) is 5.36. The minimum atomic E-state index is -0.138. The Morgan fingerprint density at radius 1 is 0.962 bits per heavy atom. The Morgan fingerprint density at radius 2 is 1.81 bits per heavy atom. The highest BCUT2D eigenvalue weighted by Gasteiger charge is 2.12. The molecule has 4 aromatic rings. The molecule has 4 heteroatoms. The molecule has 0 aliphatic carbocycles. The van der Waals surface area contributed by atoms with Gasteiger partial charge in [0.05, 0.1) is 0 Å². The normalized spacial score (nSPS) is 10.8. The number of nitrogens with one attached hydrogen (secondary N) is 1. The summed E-state index contributed by atoms with van der Waals surface area (Å²) in [5.41, 5.74) is 5.76. The average molecular weight is 342 g/mol. The summed E-state index contributed by atoms with van der Waals surface area (Å²) in [5.74, 6) is 0.437. The minimum absolute atomic E-state index is 0.138. The Balaban J connectivity index is 1.64. The van der Waals surface area contributed by atoms with E-state index in [0.717, 1.165) is 22.2 Å². The van der Waals surface area contributed by atoms with Crippen molar-refractivity contribution >= 4 is 22.7 Å². The lowest BCUT2D eigenvalue weighted by Gasteiger charge is -2.07. The van der Waals surface area contributed by atoms with E-state index in [-0.39, 0.29) is 5.91 Å². The molecule has 1 N–H and O–H groups in total. The van der Waals surface area contributed by atoms with E-state index in [4.69, 9.17) is 4.42 Å². The number of oxazole rings is 1. The number of fused-ring (bicyclic) bond motifs is 1. The first-order chi connectivity index (χ1) is 12.6. The van der Waals surface area contributed by atoms with Crippen molar-refractivity contribution in [2.45, 2.75) is 13.8 Å². The monoisotopic (exact) mass is 342 g/mol. The van der Waals surface area contributed by atoms with E-state index in [1.807, 2.05) is 74.5 Å². The van der Waals surface area contributed by atoms with Crippen LogP contribution in [0.1, 0.15) is 21.5 Å². The van der Waals surface area contributed by atoms with Gasteiger partial charge in [-0.2, -0.15) is 0 Å². The topological polar surface area (TPSA) is 55.1 Å². The predicted molar refractivity (Wildman–Crippen MR) is 103 cm³/mol. The lowest BCUT2D eigenvalue weighted by Crippen LogP contribution is -2.13. The second-order valence-electron chi connectivity index (χ2n) is 6.34. The first-order valence-corrected chi connectivity index (χ1v) is 8.45. The van der Waals surface area contributed by atoms with Crippen molar-refractivity contribution in [1.82, 2.24) is 4.98 Å². The Hall–Kier alpha value is -3.40. The molecule has 4 rings (SSSR count). The van der Waals surface area contributed by atoms with Crippen LogP contribution in [-0.2, 0) is 0 Å². The standard InChI is InChI=1S/C22H18N2O2/c1-14-6-5-8-16(12-14)22-24-19-11-10-17(13-20(19)26-22)23-21(25)18-9-4-3-7-15(18)2/h3-13H,1-2H3,(H,23,25). The van der Waals surface area contributed by atoms with Crippen LogP contribution in [0.5, 0.6) is 0 Å². The number of hydrogen-bond donors (Lipinski definition) is 1. The van der Waals surface area contributed by atoms with E-state index in [0.29, 0.717) is 22.7 Å². The molecule has 3 aromatic carbocycles. The van der Waals surface area contributed by atoms with Crippen LogP contribution in [0, 0.1) is 13.8 Å². The Kier molecular flexibility index (Phi) is 4.01. The van der Waals surface area contributed by atoms with Gasteiger partial charge in [-0.15, -0.1) is 0 Å². The summed E-state index contributed by atoms with van der Waals surface area (Å²) in [4.78, 5) is 17.0. The minimum Gasteiger partial charge on any atom is -0.436 e. The van der Waals surface area contributed by atoms with Gasteiger partial charge in [0.2, 0.25) is 5.89 Å². The van der Waals surface area contributed by atoms with Crippen molar-refractivity contribution < 1.29 is 9.21 Å². The van der Waals surface area contributed by atoms with Crippen molar-refractivity contribution in [1.29, 1.82) is 0 Å². The average Bonchev–Trinajstić information content (AvgIpc) is 3.05. The molecule has 0 spiro atoms. The van der Waals surface area contributed by atoms with Gasteiger partial charge in [0.25, 0.3) is 5.91 Å². The number of aryl methyl sites for hydroxylation is 2. The molecule has 1 aromatic heterocycles. The fourth-order valence-corrected chi connectivity index (χ4v) is 2.93. The maximum Gasteiger partial charge on any atom is 0.255 e. The molecule has 0 aliphatic heterocycles. The lowest BCUT2D eigenvalue weighted by atomic mass is 10.1. The first-order valence-electron chi connectivity index (χ1n) is 8.45. The van der Waals surface area contributed by atoms with Crippen molar-refractivity contribution in [2.24, 2.45) is 0 Å². The Bertz CT molecular complexity index is 1110. The number of carbonyl (C=O) groups excluding carboxylic acids is 1. The maximum atomic E-state index is 12.5. The van der Waals surface area contributed by atoms with Crippen molar-refractivity contribution in [3.05, 3.63) is 83.4 Å². The summed E-state index contributed by atoms with van der Waals surface area (Å²) >= 11 is 0. The number of amides is 1. The van der Waals surface area contributed by atoms with Crippen molar-refractivity contribution in [3.63, 3.8) is 0 Å². The van der Waals surface area contributed by atoms with Gasteiger partial charge < -0.3 is 9.73 Å². The van der Waals surface area contributed by atoms with E-state index in [1.54, 1.807) is 6.07 Å². The van der Waals surface area contributed by atoms with Gasteiger partial charge in [0.15, 0.2) is 5.58 Å². The van der Waals surface area contributed by atoms with E-state index < -0.39 is 0 Å². The van der Waals surface area contributed by atoms with Crippen LogP contribution in [0.2, 0.25) is 0 Å². The molecule has 0 radical (unpaired) electrons. The molecule has 4 nitrogen and oxygen atoms in total. The number of rotatable bonds is 3. The van der Waals surface area contributed by atoms with Crippen LogP contribution in [-0.4, -0.2) is 10.9 Å². The first kappa shape index (κ1) is 16.1. The second-order valence-corrected chi connectivity index (χ2v) is 6.34. The third-order valence-corrected chi connectivity index (χ3v) is 4.30. The van der Waals surface area contributed by atoms with Crippen LogP contribution < -0.4 is 5.32 Å². The van der Waals surface area contributed by atoms with Gasteiger partial charge in [0.1, 0.15) is 5.52 Å². The fraction of sp³-hybridized carbons (Fsp3) is 0.0909. The zero-order valence-corrected chi connectivity index (χ0v) is 14.6. The van der Waals surface area contributed by atoms with Crippen LogP contribution in [0.25, 0.3) is 22.6 Å². The third kappa shape index (κ3) is 3.09. The molecular weight excluding hydrogens is 324 g/mol. The molecule has 1 amide bonds. The lowest BCUT2D eigenvalue weighted by molar-refractivity contribution is 0.102. The van der Waals surface area contributed by atoms with Gasteiger partial charge in [0, 0.05) is 22.9 Å². The van der Waals surface area contributed by atoms with Gasteiger partial charge in [-0.25, -0.2) is 4.98 Å². The van der Waals surface area contributed by atoms with E-state index in [2.05, 4.69) is 10.3 Å². The highest BCUT2D eigenvalue weighted by atomic mass is 16.3. The number of anilines is 1. The van der Waals surface area contributed by atoms with E-state index in [9.17, 15) is 4.79 Å². The molecule has 0 saturated heterocycles.